The number of carbonyl (C=O) groups excluding carboxylic acids is 1. The smallest absolute Gasteiger partial charge is 0.252 e. The van der Waals surface area contributed by atoms with E-state index in [1.165, 1.54) is 15.6 Å². The maximum Gasteiger partial charge on any atom is 0.252 e. The Labute approximate surface area is 170 Å². The Morgan fingerprint density at radius 3 is 2.77 bits per heavy atom. The zero-order valence-electron chi connectivity index (χ0n) is 13.8. The van der Waals surface area contributed by atoms with Crippen LogP contribution >= 0.6 is 38.9 Å². The topological polar surface area (TPSA) is 66.5 Å². The van der Waals surface area contributed by atoms with Crippen molar-refractivity contribution in [2.24, 2.45) is 5.92 Å². The summed E-state index contributed by atoms with van der Waals surface area (Å²) in [5.41, 5.74) is 0.839. The molecule has 1 aromatic carbocycles. The summed E-state index contributed by atoms with van der Waals surface area (Å²) in [4.78, 5) is 12.5. The summed E-state index contributed by atoms with van der Waals surface area (Å²) in [7, 11) is -3.56. The van der Waals surface area contributed by atoms with Gasteiger partial charge in [-0.2, -0.15) is 4.31 Å². The zero-order valence-corrected chi connectivity index (χ0v) is 17.8. The molecule has 1 aliphatic heterocycles. The Bertz CT molecular complexity index is 901. The van der Waals surface area contributed by atoms with Crippen LogP contribution in [-0.4, -0.2) is 31.7 Å². The number of hydrogen-bond acceptors (Lipinski definition) is 4. The number of piperidine rings is 1. The van der Waals surface area contributed by atoms with E-state index in [1.54, 1.807) is 18.2 Å². The fraction of sp³-hybridized carbons (Fsp3) is 0.353. The largest absolute Gasteiger partial charge is 0.352 e. The number of halogens is 2. The van der Waals surface area contributed by atoms with E-state index in [1.807, 2.05) is 18.2 Å². The first-order valence-electron chi connectivity index (χ1n) is 8.14. The molecule has 2 aromatic rings. The first kappa shape index (κ1) is 19.8. The second-order valence-electron chi connectivity index (χ2n) is 6.07. The molecule has 0 saturated carbocycles. The minimum absolute atomic E-state index is 0.142. The fourth-order valence-electron chi connectivity index (χ4n) is 2.91. The van der Waals surface area contributed by atoms with E-state index >= 15 is 0 Å². The van der Waals surface area contributed by atoms with Gasteiger partial charge in [0.25, 0.3) is 10.0 Å². The van der Waals surface area contributed by atoms with Gasteiger partial charge in [0, 0.05) is 24.7 Å². The molecular weight excluding hydrogens is 460 g/mol. The molecule has 1 amide bonds. The lowest BCUT2D eigenvalue weighted by Gasteiger charge is -2.30. The summed E-state index contributed by atoms with van der Waals surface area (Å²) in [5.74, 6) is -0.499. The van der Waals surface area contributed by atoms with E-state index in [-0.39, 0.29) is 18.4 Å². The Morgan fingerprint density at radius 2 is 2.08 bits per heavy atom. The van der Waals surface area contributed by atoms with Crippen molar-refractivity contribution in [3.05, 3.63) is 50.8 Å². The summed E-state index contributed by atoms with van der Waals surface area (Å²) in [6.07, 6.45) is 1.34. The number of rotatable bonds is 5. The van der Waals surface area contributed by atoms with Crippen molar-refractivity contribution in [2.75, 3.05) is 13.1 Å². The van der Waals surface area contributed by atoms with Gasteiger partial charge in [-0.15, -0.1) is 11.3 Å². The summed E-state index contributed by atoms with van der Waals surface area (Å²) >= 11 is 10.6. The molecule has 1 saturated heterocycles. The van der Waals surface area contributed by atoms with Crippen LogP contribution in [0.15, 0.2) is 44.4 Å². The van der Waals surface area contributed by atoms with Crippen LogP contribution in [0.5, 0.6) is 0 Å². The molecule has 1 aromatic heterocycles. The molecule has 1 atom stereocenters. The van der Waals surface area contributed by atoms with Crippen molar-refractivity contribution in [3.63, 3.8) is 0 Å². The number of thiophene rings is 1. The molecule has 0 spiro atoms. The van der Waals surface area contributed by atoms with E-state index in [9.17, 15) is 13.2 Å². The Balaban J connectivity index is 1.64. The summed E-state index contributed by atoms with van der Waals surface area (Å²) in [5, 5.41) is 3.48. The highest BCUT2D eigenvalue weighted by Gasteiger charge is 2.34. The van der Waals surface area contributed by atoms with Crippen molar-refractivity contribution < 1.29 is 13.2 Å². The van der Waals surface area contributed by atoms with E-state index in [0.29, 0.717) is 35.2 Å². The summed E-state index contributed by atoms with van der Waals surface area (Å²) < 4.78 is 28.0. The minimum Gasteiger partial charge on any atom is -0.352 e. The Kier molecular flexibility index (Phi) is 6.40. The molecule has 1 aliphatic rings. The summed E-state index contributed by atoms with van der Waals surface area (Å²) in [6, 6.07) is 10.6. The normalized spacial score (nSPS) is 18.6. The van der Waals surface area contributed by atoms with Crippen LogP contribution < -0.4 is 5.32 Å². The number of carbonyl (C=O) groups is 1. The fourth-order valence-corrected chi connectivity index (χ4v) is 6.80. The van der Waals surface area contributed by atoms with Gasteiger partial charge in [0.05, 0.1) is 9.70 Å². The SMILES string of the molecule is O=C(NCc1ccccc1Cl)[C@@H]1CCCN(S(=O)(=O)c2ccc(Br)s2)C1. The molecule has 2 heterocycles. The van der Waals surface area contributed by atoms with Crippen molar-refractivity contribution in [1.29, 1.82) is 0 Å². The first-order valence-corrected chi connectivity index (χ1v) is 11.6. The zero-order chi connectivity index (χ0) is 18.7. The predicted octanol–water partition coefficient (Wildman–Crippen LogP) is 3.88. The van der Waals surface area contributed by atoms with Crippen molar-refractivity contribution in [3.8, 4) is 0 Å². The monoisotopic (exact) mass is 476 g/mol. The average molecular weight is 478 g/mol. The van der Waals surface area contributed by atoms with Crippen LogP contribution in [0.4, 0.5) is 0 Å². The highest BCUT2D eigenvalue weighted by molar-refractivity contribution is 9.11. The third-order valence-electron chi connectivity index (χ3n) is 4.31. The molecule has 140 valence electrons. The molecule has 26 heavy (non-hydrogen) atoms. The van der Waals surface area contributed by atoms with Crippen LogP contribution in [-0.2, 0) is 21.4 Å². The van der Waals surface area contributed by atoms with Gasteiger partial charge in [-0.25, -0.2) is 8.42 Å². The van der Waals surface area contributed by atoms with E-state index in [4.69, 9.17) is 11.6 Å². The Hall–Kier alpha value is -0.930. The molecule has 0 unspecified atom stereocenters. The van der Waals surface area contributed by atoms with Crippen LogP contribution in [0.2, 0.25) is 5.02 Å². The molecule has 3 rings (SSSR count). The molecule has 0 aliphatic carbocycles. The van der Waals surface area contributed by atoms with Gasteiger partial charge >= 0.3 is 0 Å². The van der Waals surface area contributed by atoms with Gasteiger partial charge in [0.1, 0.15) is 4.21 Å². The molecule has 1 N–H and O–H groups in total. The van der Waals surface area contributed by atoms with Crippen LogP contribution in [0, 0.1) is 5.92 Å². The van der Waals surface area contributed by atoms with Gasteiger partial charge < -0.3 is 5.32 Å². The van der Waals surface area contributed by atoms with Crippen LogP contribution in [0.3, 0.4) is 0 Å². The molecule has 5 nitrogen and oxygen atoms in total. The standard InChI is InChI=1S/C17H18BrClN2O3S2/c18-15-7-8-16(25-15)26(23,24)21-9-3-5-13(11-21)17(22)20-10-12-4-1-2-6-14(12)19/h1-2,4,6-8,13H,3,5,9-11H2,(H,20,22)/t13-/m1/s1. The van der Waals surface area contributed by atoms with Gasteiger partial charge in [0.15, 0.2) is 0 Å². The van der Waals surface area contributed by atoms with Crippen LogP contribution in [0.25, 0.3) is 0 Å². The van der Waals surface area contributed by atoms with Crippen LogP contribution in [0.1, 0.15) is 18.4 Å². The third-order valence-corrected chi connectivity index (χ3v) is 8.63. The van der Waals surface area contributed by atoms with Gasteiger partial charge in [-0.3, -0.25) is 4.79 Å². The molecule has 9 heteroatoms. The maximum absolute atomic E-state index is 12.8. The number of amides is 1. The number of sulfonamides is 1. The quantitative estimate of drug-likeness (QED) is 0.711. The van der Waals surface area contributed by atoms with Gasteiger partial charge in [-0.1, -0.05) is 29.8 Å². The van der Waals surface area contributed by atoms with E-state index < -0.39 is 10.0 Å². The maximum atomic E-state index is 12.8. The number of hydrogen-bond donors (Lipinski definition) is 1. The highest BCUT2D eigenvalue weighted by Crippen LogP contribution is 2.31. The van der Waals surface area contributed by atoms with Crippen molar-refractivity contribution in [2.45, 2.75) is 23.6 Å². The number of nitrogens with one attached hydrogen (secondary N) is 1. The summed E-state index contributed by atoms with van der Waals surface area (Å²) in [6.45, 7) is 0.970. The second kappa shape index (κ2) is 8.39. The molecule has 0 bridgehead atoms. The first-order chi connectivity index (χ1) is 12.4. The Morgan fingerprint density at radius 1 is 1.31 bits per heavy atom. The van der Waals surface area contributed by atoms with Crippen molar-refractivity contribution >= 4 is 54.8 Å². The predicted molar refractivity (Wildman–Crippen MR) is 107 cm³/mol. The average Bonchev–Trinajstić information content (AvgIpc) is 3.08. The third kappa shape index (κ3) is 4.48. The second-order valence-corrected chi connectivity index (χ2v) is 11.1. The van der Waals surface area contributed by atoms with Gasteiger partial charge in [0.2, 0.25) is 5.91 Å². The molecular formula is C17H18BrClN2O3S2. The van der Waals surface area contributed by atoms with Crippen molar-refractivity contribution in [1.82, 2.24) is 9.62 Å². The lowest BCUT2D eigenvalue weighted by atomic mass is 9.99. The van der Waals surface area contributed by atoms with Gasteiger partial charge in [-0.05, 0) is 52.5 Å². The molecule has 0 radical (unpaired) electrons. The lowest BCUT2D eigenvalue weighted by molar-refractivity contribution is -0.126. The van der Waals surface area contributed by atoms with E-state index in [0.717, 1.165) is 9.35 Å². The van der Waals surface area contributed by atoms with E-state index in [2.05, 4.69) is 21.2 Å². The molecule has 1 fully saturated rings. The number of benzene rings is 1. The lowest BCUT2D eigenvalue weighted by Crippen LogP contribution is -2.45. The number of nitrogens with zero attached hydrogens (tertiary/aromatic N) is 1. The highest BCUT2D eigenvalue weighted by atomic mass is 79.9. The minimum atomic E-state index is -3.56.